The molecule has 0 spiro atoms. The van der Waals surface area contributed by atoms with E-state index in [2.05, 4.69) is 12.8 Å². The summed E-state index contributed by atoms with van der Waals surface area (Å²) in [7, 11) is 0. The van der Waals surface area contributed by atoms with Crippen molar-refractivity contribution in [2.45, 2.75) is 32.2 Å². The Bertz CT molecular complexity index is 240. The number of aliphatic carboxylic acids is 1. The molecular weight excluding hydrogens is 178 g/mol. The lowest BCUT2D eigenvalue weighted by molar-refractivity contribution is -0.138. The zero-order valence-corrected chi connectivity index (χ0v) is 8.57. The van der Waals surface area contributed by atoms with Crippen LogP contribution in [-0.2, 0) is 4.79 Å². The van der Waals surface area contributed by atoms with Crippen LogP contribution in [0, 0.1) is 18.3 Å². The van der Waals surface area contributed by atoms with Crippen molar-refractivity contribution in [1.82, 2.24) is 4.90 Å². The van der Waals surface area contributed by atoms with E-state index in [0.29, 0.717) is 6.54 Å². The first-order chi connectivity index (χ1) is 6.63. The van der Waals surface area contributed by atoms with Gasteiger partial charge in [0.2, 0.25) is 0 Å². The second-order valence-electron chi connectivity index (χ2n) is 4.03. The summed E-state index contributed by atoms with van der Waals surface area (Å²) in [5.41, 5.74) is 0. The zero-order valence-electron chi connectivity index (χ0n) is 8.57. The number of terminal acetylenes is 1. The number of rotatable bonds is 6. The molecule has 1 unspecified atom stereocenters. The highest BCUT2D eigenvalue weighted by Crippen LogP contribution is 2.34. The highest BCUT2D eigenvalue weighted by Gasteiger charge is 2.26. The van der Waals surface area contributed by atoms with Gasteiger partial charge in [-0.05, 0) is 19.3 Å². The van der Waals surface area contributed by atoms with Crippen molar-refractivity contribution in [1.29, 1.82) is 0 Å². The summed E-state index contributed by atoms with van der Waals surface area (Å²) < 4.78 is 0. The van der Waals surface area contributed by atoms with Crippen LogP contribution in [0.15, 0.2) is 0 Å². The van der Waals surface area contributed by atoms with E-state index in [9.17, 15) is 4.79 Å². The number of hydrogen-bond acceptors (Lipinski definition) is 2. The molecule has 0 radical (unpaired) electrons. The minimum atomic E-state index is -0.803. The first-order valence-electron chi connectivity index (χ1n) is 5.02. The summed E-state index contributed by atoms with van der Waals surface area (Å²) >= 11 is 0. The van der Waals surface area contributed by atoms with Crippen molar-refractivity contribution in [3.05, 3.63) is 0 Å². The van der Waals surface area contributed by atoms with Crippen LogP contribution in [0.1, 0.15) is 26.2 Å². The highest BCUT2D eigenvalue weighted by atomic mass is 16.4. The standard InChI is InChI=1S/C11H17NO2/c1-3-6-12(8-11(13)14)9(2)7-10-4-5-10/h1,9-10H,4-8H2,2H3,(H,13,14). The van der Waals surface area contributed by atoms with E-state index in [1.807, 2.05) is 4.90 Å². The van der Waals surface area contributed by atoms with Gasteiger partial charge in [-0.2, -0.15) is 0 Å². The molecule has 0 aliphatic heterocycles. The topological polar surface area (TPSA) is 40.5 Å². The Morgan fingerprint density at radius 3 is 2.79 bits per heavy atom. The van der Waals surface area contributed by atoms with Gasteiger partial charge in [0.1, 0.15) is 0 Å². The number of carbonyl (C=O) groups is 1. The summed E-state index contributed by atoms with van der Waals surface area (Å²) in [6.45, 7) is 2.54. The fraction of sp³-hybridized carbons (Fsp3) is 0.727. The maximum atomic E-state index is 10.6. The van der Waals surface area contributed by atoms with Gasteiger partial charge in [-0.25, -0.2) is 0 Å². The molecule has 0 heterocycles. The Kier molecular flexibility index (Phi) is 3.97. The summed E-state index contributed by atoms with van der Waals surface area (Å²) in [6.07, 6.45) is 8.87. The number of carboxylic acids is 1. The van der Waals surface area contributed by atoms with Crippen LogP contribution in [0.5, 0.6) is 0 Å². The molecule has 1 fully saturated rings. The number of hydrogen-bond donors (Lipinski definition) is 1. The van der Waals surface area contributed by atoms with Gasteiger partial charge in [0.05, 0.1) is 13.1 Å². The van der Waals surface area contributed by atoms with E-state index in [1.54, 1.807) is 0 Å². The molecule has 0 saturated heterocycles. The van der Waals surface area contributed by atoms with Crippen LogP contribution in [0.25, 0.3) is 0 Å². The Hall–Kier alpha value is -1.01. The molecule has 0 amide bonds. The molecule has 78 valence electrons. The lowest BCUT2D eigenvalue weighted by Gasteiger charge is -2.25. The molecule has 1 aliphatic rings. The van der Waals surface area contributed by atoms with Gasteiger partial charge in [-0.1, -0.05) is 18.8 Å². The second-order valence-corrected chi connectivity index (χ2v) is 4.03. The van der Waals surface area contributed by atoms with Gasteiger partial charge in [0.25, 0.3) is 0 Å². The van der Waals surface area contributed by atoms with Gasteiger partial charge in [-0.3, -0.25) is 9.69 Å². The first kappa shape index (κ1) is 11.1. The smallest absolute Gasteiger partial charge is 0.317 e. The summed E-state index contributed by atoms with van der Waals surface area (Å²) in [5, 5.41) is 8.70. The summed E-state index contributed by atoms with van der Waals surface area (Å²) in [4.78, 5) is 12.4. The third-order valence-corrected chi connectivity index (χ3v) is 2.63. The highest BCUT2D eigenvalue weighted by molar-refractivity contribution is 5.69. The van der Waals surface area contributed by atoms with Crippen molar-refractivity contribution >= 4 is 5.97 Å². The lowest BCUT2D eigenvalue weighted by Crippen LogP contribution is -2.37. The number of carboxylic acid groups (broad SMARTS) is 1. The minimum absolute atomic E-state index is 0.0537. The van der Waals surface area contributed by atoms with E-state index in [-0.39, 0.29) is 12.6 Å². The molecule has 3 heteroatoms. The fourth-order valence-electron chi connectivity index (χ4n) is 1.64. The SMILES string of the molecule is C#CCN(CC(=O)O)C(C)CC1CC1. The van der Waals surface area contributed by atoms with Crippen molar-refractivity contribution in [3.63, 3.8) is 0 Å². The van der Waals surface area contributed by atoms with E-state index in [1.165, 1.54) is 12.8 Å². The minimum Gasteiger partial charge on any atom is -0.480 e. The normalized spacial score (nSPS) is 17.8. The van der Waals surface area contributed by atoms with E-state index >= 15 is 0 Å². The average Bonchev–Trinajstić information content (AvgIpc) is 2.86. The van der Waals surface area contributed by atoms with Crippen molar-refractivity contribution in [2.24, 2.45) is 5.92 Å². The Morgan fingerprint density at radius 2 is 2.36 bits per heavy atom. The molecule has 0 aromatic rings. The molecular formula is C11H17NO2. The van der Waals surface area contributed by atoms with Gasteiger partial charge in [0, 0.05) is 6.04 Å². The average molecular weight is 195 g/mol. The van der Waals surface area contributed by atoms with Crippen LogP contribution in [0.2, 0.25) is 0 Å². The molecule has 1 saturated carbocycles. The van der Waals surface area contributed by atoms with Crippen molar-refractivity contribution in [2.75, 3.05) is 13.1 Å². The maximum absolute atomic E-state index is 10.6. The Morgan fingerprint density at radius 1 is 1.71 bits per heavy atom. The third-order valence-electron chi connectivity index (χ3n) is 2.63. The lowest BCUT2D eigenvalue weighted by atomic mass is 10.1. The molecule has 1 aliphatic carbocycles. The molecule has 0 aromatic heterocycles. The predicted molar refractivity (Wildman–Crippen MR) is 54.8 cm³/mol. The first-order valence-corrected chi connectivity index (χ1v) is 5.02. The quantitative estimate of drug-likeness (QED) is 0.647. The van der Waals surface area contributed by atoms with Gasteiger partial charge in [-0.15, -0.1) is 6.42 Å². The summed E-state index contributed by atoms with van der Waals surface area (Å²) in [5.74, 6) is 2.51. The largest absolute Gasteiger partial charge is 0.480 e. The fourth-order valence-corrected chi connectivity index (χ4v) is 1.64. The second kappa shape index (κ2) is 5.02. The maximum Gasteiger partial charge on any atom is 0.317 e. The Labute approximate surface area is 85.1 Å². The Balaban J connectivity index is 2.38. The summed E-state index contributed by atoms with van der Waals surface area (Å²) in [6, 6.07) is 0.287. The predicted octanol–water partition coefficient (Wildman–Crippen LogP) is 1.19. The third kappa shape index (κ3) is 3.80. The molecule has 0 bridgehead atoms. The van der Waals surface area contributed by atoms with Crippen LogP contribution >= 0.6 is 0 Å². The number of nitrogens with zero attached hydrogens (tertiary/aromatic N) is 1. The molecule has 1 N–H and O–H groups in total. The van der Waals surface area contributed by atoms with Gasteiger partial charge < -0.3 is 5.11 Å². The molecule has 1 atom stereocenters. The van der Waals surface area contributed by atoms with Crippen molar-refractivity contribution < 1.29 is 9.90 Å². The van der Waals surface area contributed by atoms with E-state index in [0.717, 1.165) is 12.3 Å². The van der Waals surface area contributed by atoms with Crippen molar-refractivity contribution in [3.8, 4) is 12.3 Å². The monoisotopic (exact) mass is 195 g/mol. The van der Waals surface area contributed by atoms with E-state index in [4.69, 9.17) is 11.5 Å². The van der Waals surface area contributed by atoms with E-state index < -0.39 is 5.97 Å². The van der Waals surface area contributed by atoms with Gasteiger partial charge in [0.15, 0.2) is 0 Å². The molecule has 14 heavy (non-hydrogen) atoms. The van der Waals surface area contributed by atoms with Crippen LogP contribution in [0.4, 0.5) is 0 Å². The zero-order chi connectivity index (χ0) is 10.6. The van der Waals surface area contributed by atoms with Crippen LogP contribution in [0.3, 0.4) is 0 Å². The molecule has 3 nitrogen and oxygen atoms in total. The van der Waals surface area contributed by atoms with Gasteiger partial charge >= 0.3 is 5.97 Å². The van der Waals surface area contributed by atoms with Crippen LogP contribution in [-0.4, -0.2) is 35.1 Å². The molecule has 1 rings (SSSR count). The van der Waals surface area contributed by atoms with Crippen LogP contribution < -0.4 is 0 Å². The molecule has 0 aromatic carbocycles.